The minimum atomic E-state index is -0.991. The van der Waals surface area contributed by atoms with E-state index in [2.05, 4.69) is 21.0 Å². The highest BCUT2D eigenvalue weighted by Gasteiger charge is 2.22. The summed E-state index contributed by atoms with van der Waals surface area (Å²) in [5.74, 6) is 0.397. The number of halogens is 1. The zero-order valence-electron chi connectivity index (χ0n) is 12.8. The molecule has 6 heteroatoms. The molecule has 24 heavy (non-hydrogen) atoms. The number of aromatic nitrogens is 3. The van der Waals surface area contributed by atoms with Crippen molar-refractivity contribution in [2.24, 2.45) is 0 Å². The van der Waals surface area contributed by atoms with Crippen LogP contribution in [-0.2, 0) is 0 Å². The molecule has 0 saturated heterocycles. The van der Waals surface area contributed by atoms with Gasteiger partial charge in [-0.1, -0.05) is 11.6 Å². The summed E-state index contributed by atoms with van der Waals surface area (Å²) in [6.45, 7) is 1.96. The molecular formula is C18H13ClN4O. The van der Waals surface area contributed by atoms with Crippen LogP contribution in [0.3, 0.4) is 0 Å². The number of benzene rings is 2. The van der Waals surface area contributed by atoms with Crippen molar-refractivity contribution in [1.82, 2.24) is 15.0 Å². The van der Waals surface area contributed by atoms with Gasteiger partial charge in [0.2, 0.25) is 0 Å². The second-order valence-corrected chi connectivity index (χ2v) is 6.13. The Kier molecular flexibility index (Phi) is 3.31. The molecule has 0 spiro atoms. The summed E-state index contributed by atoms with van der Waals surface area (Å²) in [6, 6.07) is 11.0. The smallest absolute Gasteiger partial charge is 0.140 e. The second kappa shape index (κ2) is 5.38. The van der Waals surface area contributed by atoms with Gasteiger partial charge in [-0.3, -0.25) is 0 Å². The highest BCUT2D eigenvalue weighted by atomic mass is 35.5. The van der Waals surface area contributed by atoms with Crippen molar-refractivity contribution in [3.05, 3.63) is 64.1 Å². The lowest BCUT2D eigenvalue weighted by atomic mass is 10.0. The number of hydrogen-bond donors (Lipinski definition) is 3. The SMILES string of the molecule is Cc1cc(Cl)c(C(O)c2nc3cc(C#N)ccc3[nH]2)c2cc[nH]c12. The lowest BCUT2D eigenvalue weighted by molar-refractivity contribution is 0.213. The van der Waals surface area contributed by atoms with Crippen molar-refractivity contribution in [2.45, 2.75) is 13.0 Å². The molecule has 0 aliphatic carbocycles. The second-order valence-electron chi connectivity index (χ2n) is 5.72. The highest BCUT2D eigenvalue weighted by molar-refractivity contribution is 6.32. The number of aryl methyl sites for hydroxylation is 1. The summed E-state index contributed by atoms with van der Waals surface area (Å²) < 4.78 is 0. The van der Waals surface area contributed by atoms with Crippen LogP contribution in [0, 0.1) is 18.3 Å². The maximum atomic E-state index is 10.9. The Hall–Kier alpha value is -2.81. The third kappa shape index (κ3) is 2.16. The van der Waals surface area contributed by atoms with Crippen molar-refractivity contribution in [3.8, 4) is 6.07 Å². The number of fused-ring (bicyclic) bond motifs is 2. The molecule has 4 aromatic rings. The maximum absolute atomic E-state index is 10.9. The fourth-order valence-electron chi connectivity index (χ4n) is 3.03. The van der Waals surface area contributed by atoms with Gasteiger partial charge >= 0.3 is 0 Å². The Labute approximate surface area is 142 Å². The van der Waals surface area contributed by atoms with Gasteiger partial charge in [0.05, 0.1) is 22.7 Å². The molecule has 2 aromatic carbocycles. The van der Waals surface area contributed by atoms with Gasteiger partial charge in [-0.25, -0.2) is 4.98 Å². The summed E-state index contributed by atoms with van der Waals surface area (Å²) >= 11 is 6.40. The van der Waals surface area contributed by atoms with E-state index in [1.54, 1.807) is 18.2 Å². The molecule has 5 nitrogen and oxygen atoms in total. The van der Waals surface area contributed by atoms with E-state index in [1.165, 1.54) is 0 Å². The number of nitriles is 1. The van der Waals surface area contributed by atoms with Crippen LogP contribution < -0.4 is 0 Å². The lowest BCUT2D eigenvalue weighted by Crippen LogP contribution is -2.04. The summed E-state index contributed by atoms with van der Waals surface area (Å²) in [5, 5.41) is 21.2. The number of nitrogens with zero attached hydrogens (tertiary/aromatic N) is 2. The van der Waals surface area contributed by atoms with E-state index in [4.69, 9.17) is 16.9 Å². The van der Waals surface area contributed by atoms with Crippen molar-refractivity contribution in [2.75, 3.05) is 0 Å². The molecule has 1 atom stereocenters. The molecule has 0 amide bonds. The minimum absolute atomic E-state index is 0.397. The predicted octanol–water partition coefficient (Wildman–Crippen LogP) is 3.96. The van der Waals surface area contributed by atoms with Crippen LogP contribution in [0.1, 0.15) is 28.6 Å². The highest BCUT2D eigenvalue weighted by Crippen LogP contribution is 2.35. The predicted molar refractivity (Wildman–Crippen MR) is 92.9 cm³/mol. The molecule has 0 aliphatic rings. The molecule has 4 rings (SSSR count). The van der Waals surface area contributed by atoms with Gasteiger partial charge < -0.3 is 15.1 Å². The Morgan fingerprint density at radius 2 is 2.12 bits per heavy atom. The van der Waals surface area contributed by atoms with Crippen LogP contribution in [0.5, 0.6) is 0 Å². The van der Waals surface area contributed by atoms with E-state index in [0.29, 0.717) is 27.5 Å². The third-order valence-corrected chi connectivity index (χ3v) is 4.51. The Balaban J connectivity index is 1.89. The van der Waals surface area contributed by atoms with Crippen LogP contribution in [0.4, 0.5) is 0 Å². The summed E-state index contributed by atoms with van der Waals surface area (Å²) in [5.41, 5.74) is 4.48. The van der Waals surface area contributed by atoms with Gasteiger partial charge in [0.15, 0.2) is 0 Å². The molecule has 1 unspecified atom stereocenters. The number of rotatable bonds is 2. The lowest BCUT2D eigenvalue weighted by Gasteiger charge is -2.13. The van der Waals surface area contributed by atoms with Crippen LogP contribution in [0.15, 0.2) is 36.5 Å². The first-order chi connectivity index (χ1) is 11.6. The first-order valence-electron chi connectivity index (χ1n) is 7.42. The molecule has 2 heterocycles. The van der Waals surface area contributed by atoms with Gasteiger partial charge in [0, 0.05) is 27.7 Å². The van der Waals surface area contributed by atoms with E-state index < -0.39 is 6.10 Å². The molecule has 0 bridgehead atoms. The normalized spacial score (nSPS) is 12.6. The quantitative estimate of drug-likeness (QED) is 0.517. The average molecular weight is 337 g/mol. The van der Waals surface area contributed by atoms with Crippen LogP contribution in [0.2, 0.25) is 5.02 Å². The molecule has 2 aromatic heterocycles. The van der Waals surface area contributed by atoms with Gasteiger partial charge in [-0.05, 0) is 42.8 Å². The number of aliphatic hydroxyl groups excluding tert-OH is 1. The molecule has 118 valence electrons. The van der Waals surface area contributed by atoms with Gasteiger partial charge in [-0.15, -0.1) is 0 Å². The van der Waals surface area contributed by atoms with Crippen molar-refractivity contribution >= 4 is 33.5 Å². The Morgan fingerprint density at radius 3 is 2.92 bits per heavy atom. The topological polar surface area (TPSA) is 88.5 Å². The van der Waals surface area contributed by atoms with E-state index in [-0.39, 0.29) is 0 Å². The van der Waals surface area contributed by atoms with E-state index >= 15 is 0 Å². The maximum Gasteiger partial charge on any atom is 0.140 e. The van der Waals surface area contributed by atoms with Crippen LogP contribution in [0.25, 0.3) is 21.9 Å². The van der Waals surface area contributed by atoms with Crippen LogP contribution >= 0.6 is 11.6 Å². The third-order valence-electron chi connectivity index (χ3n) is 4.19. The zero-order valence-corrected chi connectivity index (χ0v) is 13.5. The summed E-state index contributed by atoms with van der Waals surface area (Å²) in [7, 11) is 0. The molecule has 0 radical (unpaired) electrons. The van der Waals surface area contributed by atoms with E-state index in [9.17, 15) is 5.11 Å². The zero-order chi connectivity index (χ0) is 16.8. The average Bonchev–Trinajstić information content (AvgIpc) is 3.20. The molecule has 0 fully saturated rings. The Morgan fingerprint density at radius 1 is 1.29 bits per heavy atom. The number of hydrogen-bond acceptors (Lipinski definition) is 3. The number of aromatic amines is 2. The van der Waals surface area contributed by atoms with Gasteiger partial charge in [0.1, 0.15) is 11.9 Å². The fraction of sp³-hybridized carbons (Fsp3) is 0.111. The molecule has 0 saturated carbocycles. The monoisotopic (exact) mass is 336 g/mol. The van der Waals surface area contributed by atoms with Gasteiger partial charge in [0.25, 0.3) is 0 Å². The number of nitrogens with one attached hydrogen (secondary N) is 2. The van der Waals surface area contributed by atoms with Crippen LogP contribution in [-0.4, -0.2) is 20.1 Å². The number of H-pyrrole nitrogens is 2. The Bertz CT molecular complexity index is 1120. The van der Waals surface area contributed by atoms with Crippen molar-refractivity contribution < 1.29 is 5.11 Å². The first-order valence-corrected chi connectivity index (χ1v) is 7.80. The van der Waals surface area contributed by atoms with E-state index in [0.717, 1.165) is 22.0 Å². The fourth-order valence-corrected chi connectivity index (χ4v) is 3.40. The van der Waals surface area contributed by atoms with Gasteiger partial charge in [-0.2, -0.15) is 5.26 Å². The molecular weight excluding hydrogens is 324 g/mol. The first kappa shape index (κ1) is 14.8. The standard InChI is InChI=1S/C18H13ClN4O/c1-9-6-12(19)15(11-4-5-21-16(9)11)17(24)18-22-13-3-2-10(8-20)7-14(13)23-18/h2-7,17,21,24H,1H3,(H,22,23). The summed E-state index contributed by atoms with van der Waals surface area (Å²) in [4.78, 5) is 10.7. The number of aliphatic hydroxyl groups is 1. The molecule has 3 N–H and O–H groups in total. The minimum Gasteiger partial charge on any atom is -0.380 e. The van der Waals surface area contributed by atoms with E-state index in [1.807, 2.05) is 25.3 Å². The number of imidazole rings is 1. The van der Waals surface area contributed by atoms with Crippen molar-refractivity contribution in [1.29, 1.82) is 5.26 Å². The van der Waals surface area contributed by atoms with Crippen molar-refractivity contribution in [3.63, 3.8) is 0 Å². The summed E-state index contributed by atoms with van der Waals surface area (Å²) in [6.07, 6.45) is 0.830. The molecule has 0 aliphatic heterocycles. The largest absolute Gasteiger partial charge is 0.380 e.